The lowest BCUT2D eigenvalue weighted by Gasteiger charge is -2.31. The summed E-state index contributed by atoms with van der Waals surface area (Å²) in [5.41, 5.74) is 8.77. The van der Waals surface area contributed by atoms with Crippen LogP contribution in [0.15, 0.2) is 12.1 Å². The van der Waals surface area contributed by atoms with Crippen LogP contribution in [0.4, 0.5) is 5.69 Å². The molecule has 0 aliphatic heterocycles. The fraction of sp³-hybridized carbons (Fsp3) is 0.636. The zero-order chi connectivity index (χ0) is 19.7. The van der Waals surface area contributed by atoms with E-state index in [0.717, 1.165) is 31.2 Å². The average molecular weight is 385 g/mol. The monoisotopic (exact) mass is 384 g/mol. The van der Waals surface area contributed by atoms with Crippen LogP contribution in [0.25, 0.3) is 0 Å². The molecule has 0 saturated heterocycles. The minimum Gasteiger partial charge on any atom is -0.398 e. The van der Waals surface area contributed by atoms with Crippen LogP contribution in [-0.4, -0.2) is 41.9 Å². The molecule has 152 valence electrons. The van der Waals surface area contributed by atoms with Gasteiger partial charge in [-0.05, 0) is 63.3 Å². The van der Waals surface area contributed by atoms with E-state index in [-0.39, 0.29) is 23.9 Å². The van der Waals surface area contributed by atoms with Gasteiger partial charge in [0.1, 0.15) is 0 Å². The number of nitrogens with one attached hydrogen (secondary N) is 2. The van der Waals surface area contributed by atoms with Crippen LogP contribution in [0.5, 0.6) is 0 Å². The van der Waals surface area contributed by atoms with Gasteiger partial charge in [0.15, 0.2) is 0 Å². The summed E-state index contributed by atoms with van der Waals surface area (Å²) in [5.74, 6) is -0.271. The quantitative estimate of drug-likeness (QED) is 0.631. The second-order valence-electron chi connectivity index (χ2n) is 8.80. The van der Waals surface area contributed by atoms with E-state index in [9.17, 15) is 9.59 Å². The molecular formula is C22H32N4O2. The van der Waals surface area contributed by atoms with Crippen molar-refractivity contribution in [2.24, 2.45) is 0 Å². The number of carbonyl (C=O) groups is 2. The van der Waals surface area contributed by atoms with Crippen molar-refractivity contribution in [3.05, 3.63) is 28.8 Å². The predicted molar refractivity (Wildman–Crippen MR) is 110 cm³/mol. The molecule has 4 rings (SSSR count). The number of benzene rings is 1. The van der Waals surface area contributed by atoms with Gasteiger partial charge in [0.05, 0.1) is 5.56 Å². The molecule has 28 heavy (non-hydrogen) atoms. The van der Waals surface area contributed by atoms with Crippen molar-refractivity contribution in [3.63, 3.8) is 0 Å². The van der Waals surface area contributed by atoms with E-state index in [1.165, 1.54) is 32.1 Å². The van der Waals surface area contributed by atoms with Gasteiger partial charge in [0.25, 0.3) is 11.8 Å². The van der Waals surface area contributed by atoms with E-state index in [2.05, 4.69) is 22.6 Å². The highest BCUT2D eigenvalue weighted by atomic mass is 16.2. The molecule has 0 heterocycles. The Morgan fingerprint density at radius 2 is 1.57 bits per heavy atom. The Kier molecular flexibility index (Phi) is 5.58. The molecule has 0 radical (unpaired) electrons. The fourth-order valence-electron chi connectivity index (χ4n) is 4.07. The van der Waals surface area contributed by atoms with Gasteiger partial charge in [0.2, 0.25) is 0 Å². The number of rotatable bonds is 7. The van der Waals surface area contributed by atoms with Crippen LogP contribution in [0, 0.1) is 0 Å². The molecule has 3 fully saturated rings. The van der Waals surface area contributed by atoms with Crippen LogP contribution in [-0.2, 0) is 6.54 Å². The summed E-state index contributed by atoms with van der Waals surface area (Å²) in [5, 5.41) is 6.04. The summed E-state index contributed by atoms with van der Waals surface area (Å²) < 4.78 is 0. The molecule has 6 heteroatoms. The van der Waals surface area contributed by atoms with E-state index < -0.39 is 0 Å². The molecule has 0 spiro atoms. The molecule has 3 aliphatic carbocycles. The first-order valence-electron chi connectivity index (χ1n) is 10.8. The molecule has 6 nitrogen and oxygen atoms in total. The third-order valence-electron chi connectivity index (χ3n) is 6.22. The van der Waals surface area contributed by atoms with Crippen LogP contribution in [0.1, 0.15) is 84.1 Å². The number of hydrogen-bond donors (Lipinski definition) is 3. The Labute approximate surface area is 167 Å². The predicted octanol–water partition coefficient (Wildman–Crippen LogP) is 2.82. The van der Waals surface area contributed by atoms with Gasteiger partial charge in [-0.3, -0.25) is 14.5 Å². The number of carbonyl (C=O) groups excluding carboxylic acids is 2. The Morgan fingerprint density at radius 3 is 2.18 bits per heavy atom. The number of amides is 2. The van der Waals surface area contributed by atoms with Gasteiger partial charge < -0.3 is 16.4 Å². The van der Waals surface area contributed by atoms with Crippen molar-refractivity contribution in [1.82, 2.24) is 15.5 Å². The molecule has 2 amide bonds. The van der Waals surface area contributed by atoms with E-state index in [1.54, 1.807) is 6.07 Å². The van der Waals surface area contributed by atoms with E-state index >= 15 is 0 Å². The minimum atomic E-state index is -0.164. The second-order valence-corrected chi connectivity index (χ2v) is 8.80. The first-order valence-corrected chi connectivity index (χ1v) is 10.8. The second kappa shape index (κ2) is 8.11. The molecule has 0 aromatic heterocycles. The minimum absolute atomic E-state index is 0.107. The Bertz CT molecular complexity index is 749. The van der Waals surface area contributed by atoms with Crippen molar-refractivity contribution >= 4 is 17.5 Å². The van der Waals surface area contributed by atoms with Crippen molar-refractivity contribution in [2.45, 2.75) is 82.5 Å². The summed E-state index contributed by atoms with van der Waals surface area (Å²) in [4.78, 5) is 27.7. The maximum absolute atomic E-state index is 12.7. The van der Waals surface area contributed by atoms with Crippen molar-refractivity contribution in [1.29, 1.82) is 0 Å². The van der Waals surface area contributed by atoms with Gasteiger partial charge in [-0.2, -0.15) is 0 Å². The first-order chi connectivity index (χ1) is 13.5. The highest BCUT2D eigenvalue weighted by molar-refractivity contribution is 6.04. The average Bonchev–Trinajstić information content (AvgIpc) is 3.61. The molecule has 1 aromatic rings. The van der Waals surface area contributed by atoms with Gasteiger partial charge in [-0.15, -0.1) is 0 Å². The molecule has 3 aliphatic rings. The Morgan fingerprint density at radius 1 is 0.964 bits per heavy atom. The lowest BCUT2D eigenvalue weighted by Crippen LogP contribution is -2.34. The van der Waals surface area contributed by atoms with E-state index in [0.29, 0.717) is 29.4 Å². The van der Waals surface area contributed by atoms with Crippen LogP contribution in [0.3, 0.4) is 0 Å². The Balaban J connectivity index is 1.58. The number of anilines is 1. The largest absolute Gasteiger partial charge is 0.398 e. The molecule has 0 unspecified atom stereocenters. The summed E-state index contributed by atoms with van der Waals surface area (Å²) in [7, 11) is 2.12. The standard InChI is InChI=1S/C22H32N4O2/c1-26(18-5-3-2-4-6-18)13-15-11-14(21(27)24-16-7-8-16)12-19(20(15)23)22(28)25-17-9-10-17/h11-12,16-18H,2-10,13,23H2,1H3,(H,24,27)(H,25,28). The van der Waals surface area contributed by atoms with Gasteiger partial charge in [-0.25, -0.2) is 0 Å². The molecule has 4 N–H and O–H groups in total. The number of nitrogen functional groups attached to an aromatic ring is 1. The van der Waals surface area contributed by atoms with Crippen LogP contribution in [0.2, 0.25) is 0 Å². The number of hydrogen-bond acceptors (Lipinski definition) is 4. The van der Waals surface area contributed by atoms with Gasteiger partial charge in [-0.1, -0.05) is 19.3 Å². The fourth-order valence-corrected chi connectivity index (χ4v) is 4.07. The number of nitrogens with zero attached hydrogens (tertiary/aromatic N) is 1. The smallest absolute Gasteiger partial charge is 0.253 e. The lowest BCUT2D eigenvalue weighted by molar-refractivity contribution is 0.0950. The maximum Gasteiger partial charge on any atom is 0.253 e. The number of nitrogens with two attached hydrogens (primary N) is 1. The van der Waals surface area contributed by atoms with Crippen molar-refractivity contribution in [3.8, 4) is 0 Å². The molecule has 3 saturated carbocycles. The van der Waals surface area contributed by atoms with Crippen LogP contribution >= 0.6 is 0 Å². The highest BCUT2D eigenvalue weighted by Gasteiger charge is 2.28. The van der Waals surface area contributed by atoms with Crippen LogP contribution < -0.4 is 16.4 Å². The Hall–Kier alpha value is -2.08. The van der Waals surface area contributed by atoms with Gasteiger partial charge in [0, 0.05) is 35.9 Å². The topological polar surface area (TPSA) is 87.5 Å². The summed E-state index contributed by atoms with van der Waals surface area (Å²) in [6, 6.07) is 4.61. The highest BCUT2D eigenvalue weighted by Crippen LogP contribution is 2.28. The zero-order valence-corrected chi connectivity index (χ0v) is 16.8. The lowest BCUT2D eigenvalue weighted by atomic mass is 9.93. The normalized spacial score (nSPS) is 20.2. The molecule has 0 atom stereocenters. The zero-order valence-electron chi connectivity index (χ0n) is 16.8. The maximum atomic E-state index is 12.7. The summed E-state index contributed by atoms with van der Waals surface area (Å²) >= 11 is 0. The van der Waals surface area contributed by atoms with Gasteiger partial charge >= 0.3 is 0 Å². The molecule has 1 aromatic carbocycles. The van der Waals surface area contributed by atoms with Crippen molar-refractivity contribution in [2.75, 3.05) is 12.8 Å². The third kappa shape index (κ3) is 4.66. The molecule has 0 bridgehead atoms. The third-order valence-corrected chi connectivity index (χ3v) is 6.22. The summed E-state index contributed by atoms with van der Waals surface area (Å²) in [6.45, 7) is 0.657. The first kappa shape index (κ1) is 19.2. The molecular weight excluding hydrogens is 352 g/mol. The SMILES string of the molecule is CN(Cc1cc(C(=O)NC2CC2)cc(C(=O)NC2CC2)c1N)C1CCCCC1. The summed E-state index contributed by atoms with van der Waals surface area (Å²) in [6.07, 6.45) is 10.4. The van der Waals surface area contributed by atoms with E-state index in [1.807, 2.05) is 6.07 Å². The van der Waals surface area contributed by atoms with Crippen molar-refractivity contribution < 1.29 is 9.59 Å². The van der Waals surface area contributed by atoms with E-state index in [4.69, 9.17) is 5.73 Å².